The van der Waals surface area contributed by atoms with Gasteiger partial charge in [0.15, 0.2) is 0 Å². The van der Waals surface area contributed by atoms with Crippen molar-refractivity contribution >= 4 is 68.3 Å². The molecule has 0 spiro atoms. The van der Waals surface area contributed by atoms with Gasteiger partial charge in [0.25, 0.3) is 0 Å². The van der Waals surface area contributed by atoms with Gasteiger partial charge in [-0.2, -0.15) is 0 Å². The molecule has 0 aromatic heterocycles. The summed E-state index contributed by atoms with van der Waals surface area (Å²) in [5.74, 6) is -1.76. The smallest absolute Gasteiger partial charge is 0.345 e. The van der Waals surface area contributed by atoms with Crippen LogP contribution in [0.25, 0.3) is 12.2 Å². The van der Waals surface area contributed by atoms with Crippen LogP contribution in [-0.4, -0.2) is 89.4 Å². The summed E-state index contributed by atoms with van der Waals surface area (Å²) in [5, 5.41) is 0. The maximum absolute atomic E-state index is 13.0. The van der Waals surface area contributed by atoms with E-state index in [-0.39, 0.29) is 44.4 Å². The lowest BCUT2D eigenvalue weighted by Gasteiger charge is -2.17. The molecule has 55 heavy (non-hydrogen) atoms. The molecule has 0 saturated carbocycles. The summed E-state index contributed by atoms with van der Waals surface area (Å²) in [4.78, 5) is 52.0. The van der Waals surface area contributed by atoms with Crippen molar-refractivity contribution in [3.05, 3.63) is 70.8 Å². The third-order valence-corrected chi connectivity index (χ3v) is 14.9. The van der Waals surface area contributed by atoms with Crippen LogP contribution in [0.4, 0.5) is 0 Å². The van der Waals surface area contributed by atoms with Crippen molar-refractivity contribution in [3.8, 4) is 11.5 Å². The van der Waals surface area contributed by atoms with Crippen LogP contribution in [0.2, 0.25) is 103 Å². The van der Waals surface area contributed by atoms with Crippen molar-refractivity contribution in [2.24, 2.45) is 0 Å². The quantitative estimate of drug-likeness (QED) is 0.0216. The molecule has 0 unspecified atom stereocenters. The fourth-order valence-corrected chi connectivity index (χ4v) is 7.19. The Morgan fingerprint density at radius 3 is 0.873 bits per heavy atom. The van der Waals surface area contributed by atoms with Gasteiger partial charge in [-0.05, 0) is 71.7 Å². The number of hydrogen-bond acceptors (Lipinski definition) is 10. The van der Waals surface area contributed by atoms with Crippen LogP contribution < -0.4 is 9.47 Å². The molecule has 0 saturated heterocycles. The van der Waals surface area contributed by atoms with Crippen LogP contribution in [0.1, 0.15) is 11.1 Å². The molecule has 0 N–H and O–H groups in total. The summed E-state index contributed by atoms with van der Waals surface area (Å²) < 4.78 is 33.5. The Kier molecular flexibility index (Phi) is 18.6. The lowest BCUT2D eigenvalue weighted by molar-refractivity contribution is -0.148. The number of carbonyl (C=O) groups excluding carboxylic acids is 4. The van der Waals surface area contributed by atoms with E-state index >= 15 is 0 Å². The average molecular weight is 829 g/mol. The molecule has 0 atom stereocenters. The first kappa shape index (κ1) is 47.4. The number of hydrogen-bond donors (Lipinski definition) is 0. The van der Waals surface area contributed by atoms with Gasteiger partial charge in [0.05, 0.1) is 26.4 Å². The molecule has 2 rings (SSSR count). The highest BCUT2D eigenvalue weighted by Crippen LogP contribution is 2.20. The zero-order valence-corrected chi connectivity index (χ0v) is 39.2. The second-order valence-electron chi connectivity index (χ2n) is 18.4. The van der Waals surface area contributed by atoms with Crippen molar-refractivity contribution in [1.29, 1.82) is 0 Å². The molecule has 0 aliphatic heterocycles. The summed E-state index contributed by atoms with van der Waals surface area (Å²) in [6, 6.07) is 16.9. The van der Waals surface area contributed by atoms with Crippen molar-refractivity contribution < 1.29 is 47.6 Å². The van der Waals surface area contributed by atoms with Gasteiger partial charge in [0.2, 0.25) is 6.79 Å². The van der Waals surface area contributed by atoms with Gasteiger partial charge in [0, 0.05) is 32.3 Å². The van der Waals surface area contributed by atoms with Crippen molar-refractivity contribution in [2.75, 3.05) is 33.2 Å². The van der Waals surface area contributed by atoms with Crippen molar-refractivity contribution in [2.45, 2.75) is 103 Å². The molecule has 0 bridgehead atoms. The van der Waals surface area contributed by atoms with Gasteiger partial charge >= 0.3 is 23.9 Å². The third-order valence-electron chi connectivity index (χ3n) is 8.05. The van der Waals surface area contributed by atoms with E-state index in [0.29, 0.717) is 22.6 Å². The summed E-state index contributed by atoms with van der Waals surface area (Å²) in [7, 11) is -5.75. The van der Waals surface area contributed by atoms with Gasteiger partial charge in [-0.15, -0.1) is 0 Å². The predicted molar refractivity (Wildman–Crippen MR) is 231 cm³/mol. The van der Waals surface area contributed by atoms with Crippen LogP contribution in [-0.2, 0) is 38.1 Å². The number of benzene rings is 2. The molecule has 0 aliphatic carbocycles. The number of esters is 4. The van der Waals surface area contributed by atoms with E-state index in [1.54, 1.807) is 48.5 Å². The van der Waals surface area contributed by atoms with Crippen LogP contribution in [0.3, 0.4) is 0 Å². The monoisotopic (exact) mass is 828 g/mol. The zero-order valence-electron chi connectivity index (χ0n) is 35.2. The average Bonchev–Trinajstić information content (AvgIpc) is 3.04. The largest absolute Gasteiger partial charge is 0.462 e. The van der Waals surface area contributed by atoms with Gasteiger partial charge in [0.1, 0.15) is 22.6 Å². The van der Waals surface area contributed by atoms with Gasteiger partial charge in [-0.25, -0.2) is 19.2 Å². The van der Waals surface area contributed by atoms with Crippen LogP contribution in [0.5, 0.6) is 11.5 Å². The van der Waals surface area contributed by atoms with Crippen LogP contribution in [0.15, 0.2) is 59.7 Å². The Labute approximate surface area is 333 Å². The predicted octanol–water partition coefficient (Wildman–Crippen LogP) is 9.39. The molecule has 2 aromatic rings. The van der Waals surface area contributed by atoms with Crippen LogP contribution >= 0.6 is 0 Å². The summed E-state index contributed by atoms with van der Waals surface area (Å²) in [5.41, 5.74) is 0.920. The second-order valence-corrected chi connectivity index (χ2v) is 40.9. The molecule has 304 valence electrons. The van der Waals surface area contributed by atoms with E-state index in [4.69, 9.17) is 28.4 Å². The summed E-state index contributed by atoms with van der Waals surface area (Å²) in [6.45, 7) is 27.2. The topological polar surface area (TPSA) is 124 Å². The van der Waals surface area contributed by atoms with Crippen molar-refractivity contribution in [3.63, 3.8) is 0 Å². The van der Waals surface area contributed by atoms with E-state index in [9.17, 15) is 19.2 Å². The minimum atomic E-state index is -1.44. The Bertz CT molecular complexity index is 1430. The first-order chi connectivity index (χ1) is 25.4. The second kappa shape index (κ2) is 21.5. The maximum atomic E-state index is 13.0. The minimum Gasteiger partial charge on any atom is -0.462 e. The van der Waals surface area contributed by atoms with Crippen LogP contribution in [0, 0.1) is 0 Å². The molecule has 0 heterocycles. The number of carbonyl (C=O) groups is 4. The standard InChI is InChI=1S/C41H64O10Si4/c1-52(2,3)25-21-46-38(42)36(39(43)47-22-26-53(4,5)6)29-32-13-17-34(18-14-32)50-31-51-35-19-15-33(16-20-35)30-37(40(44)48-23-27-54(7,8)9)41(45)49-24-28-55(10,11)12/h13-20,29-30H,21-28,31H2,1-12H3. The molecular formula is C41H64O10Si4. The summed E-state index contributed by atoms with van der Waals surface area (Å²) in [6.07, 6.45) is 2.96. The molecule has 10 nitrogen and oxygen atoms in total. The number of ether oxygens (including phenoxy) is 6. The highest BCUT2D eigenvalue weighted by molar-refractivity contribution is 6.77. The Balaban J connectivity index is 2.09. The fraction of sp³-hybridized carbons (Fsp3) is 0.512. The Hall–Kier alpha value is -3.73. The molecule has 0 aliphatic rings. The van der Waals surface area contributed by atoms with E-state index in [1.165, 1.54) is 12.2 Å². The van der Waals surface area contributed by atoms with Gasteiger partial charge in [-0.3, -0.25) is 0 Å². The fourth-order valence-electron chi connectivity index (χ4n) is 4.33. The molecule has 0 fully saturated rings. The minimum absolute atomic E-state index is 0.0967. The molecule has 0 amide bonds. The maximum Gasteiger partial charge on any atom is 0.345 e. The Morgan fingerprint density at radius 1 is 0.418 bits per heavy atom. The molecule has 14 heteroatoms. The van der Waals surface area contributed by atoms with Gasteiger partial charge in [-0.1, -0.05) is 103 Å². The van der Waals surface area contributed by atoms with Gasteiger partial charge < -0.3 is 28.4 Å². The van der Waals surface area contributed by atoms with E-state index in [2.05, 4.69) is 78.6 Å². The highest BCUT2D eigenvalue weighted by atomic mass is 28.3. The van der Waals surface area contributed by atoms with E-state index in [0.717, 1.165) is 24.2 Å². The third kappa shape index (κ3) is 21.2. The van der Waals surface area contributed by atoms with E-state index < -0.39 is 56.2 Å². The molecule has 2 aromatic carbocycles. The lowest BCUT2D eigenvalue weighted by atomic mass is 10.1. The molecular weight excluding hydrogens is 765 g/mol. The first-order valence-corrected chi connectivity index (χ1v) is 33.8. The summed E-state index contributed by atoms with van der Waals surface area (Å²) >= 11 is 0. The Morgan fingerprint density at radius 2 is 0.655 bits per heavy atom. The van der Waals surface area contributed by atoms with E-state index in [1.807, 2.05) is 0 Å². The SMILES string of the molecule is C[Si](C)(C)CCOC(=O)C(=Cc1ccc(OCOc2ccc(C=C(C(=O)OCC[Si](C)(C)C)C(=O)OCC[Si](C)(C)C)cc2)cc1)C(=O)OCC[Si](C)(C)C. The van der Waals surface area contributed by atoms with Crippen molar-refractivity contribution in [1.82, 2.24) is 0 Å². The highest BCUT2D eigenvalue weighted by Gasteiger charge is 2.26. The normalized spacial score (nSPS) is 11.9. The first-order valence-electron chi connectivity index (χ1n) is 19.0. The number of rotatable bonds is 22. The molecule has 0 radical (unpaired) electrons. The lowest BCUT2D eigenvalue weighted by Crippen LogP contribution is -2.26. The zero-order chi connectivity index (χ0) is 41.5.